The van der Waals surface area contributed by atoms with Crippen molar-refractivity contribution in [2.45, 2.75) is 20.0 Å². The summed E-state index contributed by atoms with van der Waals surface area (Å²) in [5.41, 5.74) is 0. The van der Waals surface area contributed by atoms with Gasteiger partial charge in [0.1, 0.15) is 6.54 Å². The van der Waals surface area contributed by atoms with Gasteiger partial charge >= 0.3 is 5.97 Å². The molecule has 0 N–H and O–H groups in total. The van der Waals surface area contributed by atoms with Crippen molar-refractivity contribution >= 4 is 29.7 Å². The van der Waals surface area contributed by atoms with Crippen LogP contribution in [-0.4, -0.2) is 55.1 Å². The van der Waals surface area contributed by atoms with Crippen LogP contribution in [0.2, 0.25) is 0 Å². The van der Waals surface area contributed by atoms with Crippen molar-refractivity contribution in [1.29, 1.82) is 0 Å². The summed E-state index contributed by atoms with van der Waals surface area (Å²) < 4.78 is 17.2. The molecular formula is C10H19N2O3PS. The molecule has 0 aromatic carbocycles. The van der Waals surface area contributed by atoms with Gasteiger partial charge in [-0.05, 0) is 20.9 Å². The van der Waals surface area contributed by atoms with Crippen LogP contribution in [0.25, 0.3) is 0 Å². The summed E-state index contributed by atoms with van der Waals surface area (Å²) in [5, 5.41) is 0. The van der Waals surface area contributed by atoms with Crippen LogP contribution in [-0.2, 0) is 14.1 Å². The summed E-state index contributed by atoms with van der Waals surface area (Å²) in [4.78, 5) is 17.2. The van der Waals surface area contributed by atoms with Gasteiger partial charge in [-0.25, -0.2) is 0 Å². The Bertz CT molecular complexity index is 346. The topological polar surface area (TPSA) is 59.0 Å². The van der Waals surface area contributed by atoms with Crippen molar-refractivity contribution in [2.24, 2.45) is 4.99 Å². The van der Waals surface area contributed by atoms with Crippen LogP contribution in [0.1, 0.15) is 13.8 Å². The van der Waals surface area contributed by atoms with Gasteiger partial charge in [0.25, 0.3) is 0 Å². The van der Waals surface area contributed by atoms with E-state index in [1.165, 1.54) is 17.3 Å². The molecule has 1 saturated heterocycles. The minimum Gasteiger partial charge on any atom is -0.462 e. The molecular weight excluding hydrogens is 259 g/mol. The quantitative estimate of drug-likeness (QED) is 0.446. The number of aliphatic imine (C=N–C) groups is 1. The zero-order valence-corrected chi connectivity index (χ0v) is 12.2. The second-order valence-electron chi connectivity index (χ2n) is 4.28. The molecule has 0 radical (unpaired) electrons. The SMILES string of the molecule is CC(C)OC(=O)CN=CP1(=O)CN(C)CCS1. The monoisotopic (exact) mass is 278 g/mol. The van der Waals surface area contributed by atoms with Crippen LogP contribution < -0.4 is 0 Å². The summed E-state index contributed by atoms with van der Waals surface area (Å²) >= 11 is 1.45. The lowest BCUT2D eigenvalue weighted by Crippen LogP contribution is -2.26. The lowest BCUT2D eigenvalue weighted by molar-refractivity contribution is -0.145. The summed E-state index contributed by atoms with van der Waals surface area (Å²) in [6.45, 7) is 4.47. The van der Waals surface area contributed by atoms with E-state index in [1.807, 2.05) is 11.9 Å². The van der Waals surface area contributed by atoms with Gasteiger partial charge in [0.05, 0.1) is 18.3 Å². The number of nitrogens with zero attached hydrogens (tertiary/aromatic N) is 2. The Morgan fingerprint density at radius 1 is 1.65 bits per heavy atom. The van der Waals surface area contributed by atoms with Gasteiger partial charge < -0.3 is 9.30 Å². The maximum Gasteiger partial charge on any atom is 0.327 e. The Hall–Kier alpha value is -0.320. The predicted octanol–water partition coefficient (Wildman–Crippen LogP) is 1.88. The van der Waals surface area contributed by atoms with Gasteiger partial charge in [0.2, 0.25) is 0 Å². The van der Waals surface area contributed by atoms with Crippen LogP contribution >= 0.6 is 17.7 Å². The zero-order chi connectivity index (χ0) is 12.9. The van der Waals surface area contributed by atoms with E-state index in [4.69, 9.17) is 4.74 Å². The molecule has 0 bridgehead atoms. The first-order valence-corrected chi connectivity index (χ1v) is 9.09. The molecule has 1 heterocycles. The fraction of sp³-hybridized carbons (Fsp3) is 0.800. The molecule has 98 valence electrons. The maximum atomic E-state index is 12.3. The largest absolute Gasteiger partial charge is 0.462 e. The van der Waals surface area contributed by atoms with E-state index in [0.717, 1.165) is 12.3 Å². The number of hydrogen-bond acceptors (Lipinski definition) is 6. The minimum absolute atomic E-state index is 0.0492. The molecule has 1 unspecified atom stereocenters. The smallest absolute Gasteiger partial charge is 0.327 e. The summed E-state index contributed by atoms with van der Waals surface area (Å²) in [5.74, 6) is 1.92. The van der Waals surface area contributed by atoms with Gasteiger partial charge in [0.15, 0.2) is 6.34 Å². The third-order valence-corrected chi connectivity index (χ3v) is 6.75. The molecule has 0 spiro atoms. The van der Waals surface area contributed by atoms with Crippen LogP contribution in [0.4, 0.5) is 0 Å². The molecule has 17 heavy (non-hydrogen) atoms. The summed E-state index contributed by atoms with van der Waals surface area (Å²) in [6.07, 6.45) is -2.02. The van der Waals surface area contributed by atoms with Crippen molar-refractivity contribution in [3.05, 3.63) is 0 Å². The zero-order valence-electron chi connectivity index (χ0n) is 10.5. The highest BCUT2D eigenvalue weighted by Crippen LogP contribution is 2.58. The highest BCUT2D eigenvalue weighted by molar-refractivity contribution is 8.62. The van der Waals surface area contributed by atoms with Gasteiger partial charge in [0, 0.05) is 12.3 Å². The van der Waals surface area contributed by atoms with Crippen LogP contribution in [0.3, 0.4) is 0 Å². The third kappa shape index (κ3) is 5.70. The number of hydrogen-bond donors (Lipinski definition) is 0. The fourth-order valence-electron chi connectivity index (χ4n) is 1.41. The first kappa shape index (κ1) is 14.7. The second kappa shape index (κ2) is 6.57. The Kier molecular flexibility index (Phi) is 5.70. The van der Waals surface area contributed by atoms with Crippen LogP contribution in [0.5, 0.6) is 0 Å². The maximum absolute atomic E-state index is 12.3. The number of carbonyl (C=O) groups excluding carboxylic acids is 1. The average molecular weight is 278 g/mol. The van der Waals surface area contributed by atoms with Gasteiger partial charge in [-0.2, -0.15) is 0 Å². The Balaban J connectivity index is 2.42. The van der Waals surface area contributed by atoms with Crippen molar-refractivity contribution < 1.29 is 14.1 Å². The highest BCUT2D eigenvalue weighted by Gasteiger charge is 2.26. The summed E-state index contributed by atoms with van der Waals surface area (Å²) in [7, 11) is 1.94. The minimum atomic E-state index is -2.42. The molecule has 1 atom stereocenters. The molecule has 0 saturated carbocycles. The van der Waals surface area contributed by atoms with Gasteiger partial charge in [-0.15, -0.1) is 0 Å². The number of ether oxygens (including phenoxy) is 1. The Labute approximate surface area is 106 Å². The van der Waals surface area contributed by atoms with E-state index in [-0.39, 0.29) is 18.6 Å². The predicted molar refractivity (Wildman–Crippen MR) is 72.1 cm³/mol. The first-order valence-electron chi connectivity index (χ1n) is 5.53. The van der Waals surface area contributed by atoms with Crippen LogP contribution in [0, 0.1) is 0 Å². The lowest BCUT2D eigenvalue weighted by atomic mass is 10.5. The first-order chi connectivity index (χ1) is 7.91. The molecule has 5 nitrogen and oxygen atoms in total. The van der Waals surface area contributed by atoms with E-state index in [9.17, 15) is 9.36 Å². The van der Waals surface area contributed by atoms with Crippen LogP contribution in [0.15, 0.2) is 4.99 Å². The van der Waals surface area contributed by atoms with Gasteiger partial charge in [-0.3, -0.25) is 14.7 Å². The molecule has 1 rings (SSSR count). The van der Waals surface area contributed by atoms with E-state index >= 15 is 0 Å². The fourth-order valence-corrected chi connectivity index (χ4v) is 5.89. The number of rotatable bonds is 4. The van der Waals surface area contributed by atoms with Crippen molar-refractivity contribution in [2.75, 3.05) is 32.2 Å². The molecule has 0 aromatic heterocycles. The Morgan fingerprint density at radius 2 is 2.35 bits per heavy atom. The average Bonchev–Trinajstić information content (AvgIpc) is 2.15. The molecule has 1 aliphatic heterocycles. The molecule has 1 fully saturated rings. The van der Waals surface area contributed by atoms with Crippen molar-refractivity contribution in [1.82, 2.24) is 4.90 Å². The third-order valence-electron chi connectivity index (χ3n) is 2.07. The standard InChI is InChI=1S/C10H19N2O3PS/c1-9(2)15-10(13)6-11-7-16(14)8-12(3)4-5-17-16/h7,9H,4-6,8H2,1-3H3. The second-order valence-corrected chi connectivity index (χ2v) is 9.54. The summed E-state index contributed by atoms with van der Waals surface area (Å²) in [6, 6.07) is 0. The van der Waals surface area contributed by atoms with E-state index in [0.29, 0.717) is 6.29 Å². The molecule has 0 aromatic rings. The van der Waals surface area contributed by atoms with E-state index < -0.39 is 6.34 Å². The van der Waals surface area contributed by atoms with E-state index in [2.05, 4.69) is 4.99 Å². The number of carbonyl (C=O) groups is 1. The van der Waals surface area contributed by atoms with Crippen molar-refractivity contribution in [3.63, 3.8) is 0 Å². The van der Waals surface area contributed by atoms with E-state index in [1.54, 1.807) is 13.8 Å². The normalized spacial score (nSPS) is 26.6. The number of esters is 1. The highest BCUT2D eigenvalue weighted by atomic mass is 32.7. The molecule has 0 amide bonds. The molecule has 0 aliphatic carbocycles. The molecule has 7 heteroatoms. The van der Waals surface area contributed by atoms with Gasteiger partial charge in [-0.1, -0.05) is 11.4 Å². The molecule has 1 aliphatic rings. The lowest BCUT2D eigenvalue weighted by Gasteiger charge is -2.26. The van der Waals surface area contributed by atoms with Crippen molar-refractivity contribution in [3.8, 4) is 0 Å². The Morgan fingerprint density at radius 3 is 2.94 bits per heavy atom.